The normalized spacial score (nSPS) is 15.8. The summed E-state index contributed by atoms with van der Waals surface area (Å²) in [6.45, 7) is 4.03. The number of para-hydroxylation sites is 1. The molecule has 0 aliphatic carbocycles. The van der Waals surface area contributed by atoms with E-state index in [4.69, 9.17) is 5.73 Å². The number of carbonyl (C=O) groups is 1. The Morgan fingerprint density at radius 1 is 1.33 bits per heavy atom. The number of nitrogens with zero attached hydrogens (tertiary/aromatic N) is 2. The molecular formula is C14H21N3O. The minimum absolute atomic E-state index is 0.00676. The average molecular weight is 247 g/mol. The summed E-state index contributed by atoms with van der Waals surface area (Å²) in [4.78, 5) is 16.4. The number of hydrogen-bond acceptors (Lipinski definition) is 3. The molecule has 1 heterocycles. The molecule has 0 bridgehead atoms. The molecule has 1 saturated heterocycles. The molecule has 0 atom stereocenters. The van der Waals surface area contributed by atoms with Crippen LogP contribution in [0.2, 0.25) is 0 Å². The Morgan fingerprint density at radius 2 is 2.00 bits per heavy atom. The summed E-state index contributed by atoms with van der Waals surface area (Å²) in [5, 5.41) is 0. The lowest BCUT2D eigenvalue weighted by molar-refractivity contribution is 0.0783. The lowest BCUT2D eigenvalue weighted by atomic mass is 10.1. The number of carbonyl (C=O) groups excluding carboxylic acids is 1. The molecule has 1 fully saturated rings. The Labute approximate surface area is 108 Å². The van der Waals surface area contributed by atoms with Gasteiger partial charge in [0.15, 0.2) is 0 Å². The van der Waals surface area contributed by atoms with Crippen molar-refractivity contribution in [3.63, 3.8) is 0 Å². The quantitative estimate of drug-likeness (QED) is 0.819. The molecule has 0 unspecified atom stereocenters. The van der Waals surface area contributed by atoms with Crippen molar-refractivity contribution < 1.29 is 4.79 Å². The zero-order valence-electron chi connectivity index (χ0n) is 10.9. The van der Waals surface area contributed by atoms with Crippen LogP contribution in [-0.4, -0.2) is 48.9 Å². The second-order valence-electron chi connectivity index (χ2n) is 4.86. The SMILES string of the molecule is CN(CCN1CCCC1)C(=O)c1ccccc1N. The van der Waals surface area contributed by atoms with E-state index in [1.165, 1.54) is 12.8 Å². The second kappa shape index (κ2) is 5.87. The first-order valence-corrected chi connectivity index (χ1v) is 6.51. The number of hydrogen-bond donors (Lipinski definition) is 1. The standard InChI is InChI=1S/C14H21N3O/c1-16(10-11-17-8-4-5-9-17)14(18)12-6-2-3-7-13(12)15/h2-3,6-7H,4-5,8-11,15H2,1H3. The predicted molar refractivity (Wildman–Crippen MR) is 73.5 cm³/mol. The van der Waals surface area contributed by atoms with Gasteiger partial charge in [0.05, 0.1) is 5.56 Å². The van der Waals surface area contributed by atoms with Gasteiger partial charge in [0.25, 0.3) is 5.91 Å². The van der Waals surface area contributed by atoms with Crippen molar-refractivity contribution in [2.45, 2.75) is 12.8 Å². The Kier molecular flexibility index (Phi) is 4.20. The van der Waals surface area contributed by atoms with Gasteiger partial charge in [-0.05, 0) is 38.1 Å². The van der Waals surface area contributed by atoms with E-state index in [9.17, 15) is 4.79 Å². The van der Waals surface area contributed by atoms with Crippen LogP contribution in [0.15, 0.2) is 24.3 Å². The number of nitrogen functional groups attached to an aromatic ring is 1. The number of likely N-dealkylation sites (tertiary alicyclic amines) is 1. The number of likely N-dealkylation sites (N-methyl/N-ethyl adjacent to an activating group) is 1. The van der Waals surface area contributed by atoms with Gasteiger partial charge in [0.2, 0.25) is 0 Å². The second-order valence-corrected chi connectivity index (χ2v) is 4.86. The van der Waals surface area contributed by atoms with E-state index in [2.05, 4.69) is 4.90 Å². The van der Waals surface area contributed by atoms with Gasteiger partial charge in [-0.15, -0.1) is 0 Å². The van der Waals surface area contributed by atoms with Crippen molar-refractivity contribution in [1.29, 1.82) is 0 Å². The summed E-state index contributed by atoms with van der Waals surface area (Å²) in [6.07, 6.45) is 2.56. The summed E-state index contributed by atoms with van der Waals surface area (Å²) in [5.41, 5.74) is 6.97. The van der Waals surface area contributed by atoms with E-state index < -0.39 is 0 Å². The van der Waals surface area contributed by atoms with Crippen LogP contribution in [0.4, 0.5) is 5.69 Å². The minimum atomic E-state index is 0.00676. The van der Waals surface area contributed by atoms with E-state index in [1.54, 1.807) is 17.0 Å². The molecular weight excluding hydrogens is 226 g/mol. The zero-order chi connectivity index (χ0) is 13.0. The number of rotatable bonds is 4. The number of benzene rings is 1. The molecule has 98 valence electrons. The molecule has 0 aromatic heterocycles. The highest BCUT2D eigenvalue weighted by Crippen LogP contribution is 2.13. The van der Waals surface area contributed by atoms with Crippen LogP contribution >= 0.6 is 0 Å². The summed E-state index contributed by atoms with van der Waals surface area (Å²) in [5.74, 6) is 0.00676. The zero-order valence-corrected chi connectivity index (χ0v) is 10.9. The van der Waals surface area contributed by atoms with Gasteiger partial charge in [-0.25, -0.2) is 0 Å². The molecule has 1 aromatic carbocycles. The van der Waals surface area contributed by atoms with Gasteiger partial charge < -0.3 is 15.5 Å². The summed E-state index contributed by atoms with van der Waals surface area (Å²) in [6, 6.07) is 7.24. The maximum absolute atomic E-state index is 12.2. The monoisotopic (exact) mass is 247 g/mol. The van der Waals surface area contributed by atoms with Gasteiger partial charge >= 0.3 is 0 Å². The van der Waals surface area contributed by atoms with Crippen LogP contribution in [0.3, 0.4) is 0 Å². The fourth-order valence-corrected chi connectivity index (χ4v) is 2.30. The van der Waals surface area contributed by atoms with Crippen molar-refractivity contribution in [3.05, 3.63) is 29.8 Å². The summed E-state index contributed by atoms with van der Waals surface area (Å²) >= 11 is 0. The highest BCUT2D eigenvalue weighted by atomic mass is 16.2. The maximum atomic E-state index is 12.2. The largest absolute Gasteiger partial charge is 0.398 e. The van der Waals surface area contributed by atoms with E-state index in [1.807, 2.05) is 19.2 Å². The summed E-state index contributed by atoms with van der Waals surface area (Å²) in [7, 11) is 1.84. The Balaban J connectivity index is 1.90. The van der Waals surface area contributed by atoms with Gasteiger partial charge in [0, 0.05) is 25.8 Å². The van der Waals surface area contributed by atoms with E-state index in [0.717, 1.165) is 26.2 Å². The highest BCUT2D eigenvalue weighted by molar-refractivity contribution is 5.98. The van der Waals surface area contributed by atoms with Crippen LogP contribution in [0.25, 0.3) is 0 Å². The van der Waals surface area contributed by atoms with Gasteiger partial charge in [0.1, 0.15) is 0 Å². The highest BCUT2D eigenvalue weighted by Gasteiger charge is 2.16. The molecule has 1 amide bonds. The molecule has 4 nitrogen and oxygen atoms in total. The first-order chi connectivity index (χ1) is 8.68. The molecule has 0 radical (unpaired) electrons. The van der Waals surface area contributed by atoms with Crippen molar-refractivity contribution in [2.75, 3.05) is 39.0 Å². The van der Waals surface area contributed by atoms with Crippen LogP contribution in [-0.2, 0) is 0 Å². The van der Waals surface area contributed by atoms with Crippen molar-refractivity contribution >= 4 is 11.6 Å². The fraction of sp³-hybridized carbons (Fsp3) is 0.500. The summed E-state index contributed by atoms with van der Waals surface area (Å²) < 4.78 is 0. The Hall–Kier alpha value is -1.55. The smallest absolute Gasteiger partial charge is 0.255 e. The van der Waals surface area contributed by atoms with E-state index in [-0.39, 0.29) is 5.91 Å². The fourth-order valence-electron chi connectivity index (χ4n) is 2.30. The lowest BCUT2D eigenvalue weighted by Gasteiger charge is -2.22. The van der Waals surface area contributed by atoms with Crippen molar-refractivity contribution in [3.8, 4) is 0 Å². The first kappa shape index (κ1) is 12.9. The number of anilines is 1. The molecule has 1 aliphatic rings. The van der Waals surface area contributed by atoms with Crippen LogP contribution in [0.5, 0.6) is 0 Å². The molecule has 0 saturated carbocycles. The van der Waals surface area contributed by atoms with Crippen molar-refractivity contribution in [2.24, 2.45) is 0 Å². The third-order valence-corrected chi connectivity index (χ3v) is 3.49. The molecule has 18 heavy (non-hydrogen) atoms. The number of nitrogens with two attached hydrogens (primary N) is 1. The van der Waals surface area contributed by atoms with Gasteiger partial charge in [-0.1, -0.05) is 12.1 Å². The molecule has 2 N–H and O–H groups in total. The number of amides is 1. The van der Waals surface area contributed by atoms with Crippen LogP contribution in [0, 0.1) is 0 Å². The third kappa shape index (κ3) is 3.01. The maximum Gasteiger partial charge on any atom is 0.255 e. The van der Waals surface area contributed by atoms with Crippen LogP contribution < -0.4 is 5.73 Å². The molecule has 2 rings (SSSR count). The minimum Gasteiger partial charge on any atom is -0.398 e. The Bertz CT molecular complexity index is 413. The third-order valence-electron chi connectivity index (χ3n) is 3.49. The topological polar surface area (TPSA) is 49.6 Å². The van der Waals surface area contributed by atoms with Gasteiger partial charge in [-0.2, -0.15) is 0 Å². The molecule has 1 aromatic rings. The molecule has 0 spiro atoms. The Morgan fingerprint density at radius 3 is 2.67 bits per heavy atom. The van der Waals surface area contributed by atoms with Crippen molar-refractivity contribution in [1.82, 2.24) is 9.80 Å². The van der Waals surface area contributed by atoms with Gasteiger partial charge in [-0.3, -0.25) is 4.79 Å². The average Bonchev–Trinajstić information content (AvgIpc) is 2.89. The first-order valence-electron chi connectivity index (χ1n) is 6.51. The van der Waals surface area contributed by atoms with E-state index >= 15 is 0 Å². The molecule has 1 aliphatic heterocycles. The lowest BCUT2D eigenvalue weighted by Crippen LogP contribution is -2.35. The predicted octanol–water partition coefficient (Wildman–Crippen LogP) is 1.44. The van der Waals surface area contributed by atoms with Crippen LogP contribution in [0.1, 0.15) is 23.2 Å². The molecule has 4 heteroatoms. The van der Waals surface area contributed by atoms with E-state index in [0.29, 0.717) is 11.3 Å².